The molecule has 1 heterocycles. The number of hydrogen-bond donors (Lipinski definition) is 1. The first-order valence-electron chi connectivity index (χ1n) is 14.3. The summed E-state index contributed by atoms with van der Waals surface area (Å²) in [4.78, 5) is 16.8. The first kappa shape index (κ1) is 29.2. The Morgan fingerprint density at radius 3 is 2.16 bits per heavy atom. The SMILES string of the molecule is CCCCCCCCCCCCCCOc1ccccc1NC(=O)c1ccccc1CN1C=C(C)SC1. The zero-order valence-corrected chi connectivity index (χ0v) is 23.8. The first-order chi connectivity index (χ1) is 18.2. The van der Waals surface area contributed by atoms with E-state index in [1.807, 2.05) is 60.3 Å². The largest absolute Gasteiger partial charge is 0.491 e. The highest BCUT2D eigenvalue weighted by Crippen LogP contribution is 2.28. The molecule has 3 rings (SSSR count). The van der Waals surface area contributed by atoms with Gasteiger partial charge in [0.1, 0.15) is 5.75 Å². The number of anilines is 1. The molecule has 0 aliphatic carbocycles. The van der Waals surface area contributed by atoms with Crippen molar-refractivity contribution in [1.29, 1.82) is 0 Å². The van der Waals surface area contributed by atoms with Crippen molar-refractivity contribution >= 4 is 23.4 Å². The number of hydrogen-bond acceptors (Lipinski definition) is 4. The van der Waals surface area contributed by atoms with Gasteiger partial charge in [-0.15, -0.1) is 11.8 Å². The number of nitrogens with zero attached hydrogens (tertiary/aromatic N) is 1. The van der Waals surface area contributed by atoms with E-state index in [1.165, 1.54) is 75.5 Å². The number of allylic oxidation sites excluding steroid dienone is 1. The molecule has 0 unspecified atom stereocenters. The Morgan fingerprint density at radius 1 is 0.865 bits per heavy atom. The third-order valence-corrected chi connectivity index (χ3v) is 7.87. The number of ether oxygens (including phenoxy) is 1. The minimum atomic E-state index is -0.0930. The van der Waals surface area contributed by atoms with Crippen molar-refractivity contribution in [3.05, 3.63) is 70.8 Å². The minimum Gasteiger partial charge on any atom is -0.491 e. The number of carbonyl (C=O) groups excluding carboxylic acids is 1. The molecule has 37 heavy (non-hydrogen) atoms. The number of rotatable bonds is 18. The molecule has 0 saturated heterocycles. The number of benzene rings is 2. The molecule has 2 aromatic rings. The average Bonchev–Trinajstić information content (AvgIpc) is 3.32. The minimum absolute atomic E-state index is 0.0930. The summed E-state index contributed by atoms with van der Waals surface area (Å²) in [5, 5.41) is 3.09. The Kier molecular flexibility index (Phi) is 13.5. The summed E-state index contributed by atoms with van der Waals surface area (Å²) in [6, 6.07) is 15.6. The predicted molar refractivity (Wildman–Crippen MR) is 159 cm³/mol. The number of carbonyl (C=O) groups is 1. The number of amides is 1. The fourth-order valence-electron chi connectivity index (χ4n) is 4.72. The maximum Gasteiger partial charge on any atom is 0.256 e. The van der Waals surface area contributed by atoms with E-state index in [0.29, 0.717) is 12.2 Å². The zero-order chi connectivity index (χ0) is 26.1. The van der Waals surface area contributed by atoms with Crippen molar-refractivity contribution in [3.63, 3.8) is 0 Å². The van der Waals surface area contributed by atoms with Gasteiger partial charge in [-0.2, -0.15) is 0 Å². The summed E-state index contributed by atoms with van der Waals surface area (Å²) in [6.45, 7) is 5.80. The van der Waals surface area contributed by atoms with E-state index in [0.717, 1.165) is 35.8 Å². The second-order valence-corrected chi connectivity index (χ2v) is 11.3. The highest BCUT2D eigenvalue weighted by atomic mass is 32.2. The summed E-state index contributed by atoms with van der Waals surface area (Å²) in [5.41, 5.74) is 2.47. The van der Waals surface area contributed by atoms with Gasteiger partial charge in [-0.25, -0.2) is 0 Å². The quantitative estimate of drug-likeness (QED) is 0.198. The predicted octanol–water partition coefficient (Wildman–Crippen LogP) is 9.39. The smallest absolute Gasteiger partial charge is 0.256 e. The van der Waals surface area contributed by atoms with Crippen LogP contribution < -0.4 is 10.1 Å². The van der Waals surface area contributed by atoms with E-state index >= 15 is 0 Å². The van der Waals surface area contributed by atoms with Gasteiger partial charge in [-0.3, -0.25) is 4.79 Å². The van der Waals surface area contributed by atoms with Crippen LogP contribution in [0, 0.1) is 0 Å². The summed E-state index contributed by atoms with van der Waals surface area (Å²) in [6.07, 6.45) is 18.1. The van der Waals surface area contributed by atoms with Gasteiger partial charge in [0.05, 0.1) is 18.2 Å². The van der Waals surface area contributed by atoms with Crippen LogP contribution in [0.4, 0.5) is 5.69 Å². The third kappa shape index (κ3) is 10.9. The van der Waals surface area contributed by atoms with Crippen LogP contribution in [0.3, 0.4) is 0 Å². The van der Waals surface area contributed by atoms with Crippen LogP contribution in [0.5, 0.6) is 5.75 Å². The molecular weight excluding hydrogens is 476 g/mol. The van der Waals surface area contributed by atoms with E-state index in [2.05, 4.69) is 30.3 Å². The fourth-order valence-corrected chi connectivity index (χ4v) is 5.48. The monoisotopic (exact) mass is 522 g/mol. The molecule has 5 heteroatoms. The molecule has 0 atom stereocenters. The molecule has 0 bridgehead atoms. The summed E-state index contributed by atoms with van der Waals surface area (Å²) in [5.74, 6) is 1.58. The van der Waals surface area contributed by atoms with Crippen LogP contribution in [0.2, 0.25) is 0 Å². The number of thioether (sulfide) groups is 1. The summed E-state index contributed by atoms with van der Waals surface area (Å²) in [7, 11) is 0. The Hall–Kier alpha value is -2.40. The normalized spacial score (nSPS) is 13.0. The molecule has 2 aromatic carbocycles. The van der Waals surface area contributed by atoms with Gasteiger partial charge >= 0.3 is 0 Å². The topological polar surface area (TPSA) is 41.6 Å². The Bertz CT molecular complexity index is 975. The average molecular weight is 523 g/mol. The van der Waals surface area contributed by atoms with Gasteiger partial charge in [0, 0.05) is 18.3 Å². The molecule has 0 radical (unpaired) electrons. The Morgan fingerprint density at radius 2 is 1.49 bits per heavy atom. The van der Waals surface area contributed by atoms with Crippen LogP contribution in [-0.4, -0.2) is 23.3 Å². The van der Waals surface area contributed by atoms with E-state index < -0.39 is 0 Å². The van der Waals surface area contributed by atoms with E-state index in [1.54, 1.807) is 0 Å². The lowest BCUT2D eigenvalue weighted by Gasteiger charge is -2.18. The van der Waals surface area contributed by atoms with Crippen molar-refractivity contribution in [3.8, 4) is 5.75 Å². The van der Waals surface area contributed by atoms with Crippen LogP contribution >= 0.6 is 11.8 Å². The molecule has 0 saturated carbocycles. The molecule has 4 nitrogen and oxygen atoms in total. The number of unbranched alkanes of at least 4 members (excludes halogenated alkanes) is 11. The van der Waals surface area contributed by atoms with Gasteiger partial charge < -0.3 is 15.0 Å². The van der Waals surface area contributed by atoms with Crippen LogP contribution in [0.1, 0.15) is 107 Å². The van der Waals surface area contributed by atoms with E-state index in [4.69, 9.17) is 4.74 Å². The van der Waals surface area contributed by atoms with Crippen molar-refractivity contribution in [2.24, 2.45) is 0 Å². The molecule has 1 aliphatic rings. The van der Waals surface area contributed by atoms with Crippen molar-refractivity contribution in [1.82, 2.24) is 4.90 Å². The van der Waals surface area contributed by atoms with Gasteiger partial charge in [0.15, 0.2) is 0 Å². The van der Waals surface area contributed by atoms with Crippen molar-refractivity contribution < 1.29 is 9.53 Å². The summed E-state index contributed by atoms with van der Waals surface area (Å²) < 4.78 is 6.08. The third-order valence-electron chi connectivity index (χ3n) is 6.85. The van der Waals surface area contributed by atoms with Gasteiger partial charge in [0.2, 0.25) is 0 Å². The van der Waals surface area contributed by atoms with Gasteiger partial charge in [-0.1, -0.05) is 108 Å². The van der Waals surface area contributed by atoms with Gasteiger partial charge in [0.25, 0.3) is 5.91 Å². The number of para-hydroxylation sites is 2. The lowest BCUT2D eigenvalue weighted by atomic mass is 10.1. The van der Waals surface area contributed by atoms with E-state index in [9.17, 15) is 4.79 Å². The van der Waals surface area contributed by atoms with Crippen LogP contribution in [-0.2, 0) is 6.54 Å². The molecule has 0 fully saturated rings. The number of nitrogens with one attached hydrogen (secondary N) is 1. The standard InChI is InChI=1S/C32H46N2O2S/c1-3-4-5-6-7-8-9-10-11-12-13-18-23-36-31-22-17-16-21-30(31)33-32(35)29-20-15-14-19-28(29)25-34-24-27(2)37-26-34/h14-17,19-22,24H,3-13,18,23,25-26H2,1-2H3,(H,33,35). The van der Waals surface area contributed by atoms with E-state index in [-0.39, 0.29) is 5.91 Å². The molecular formula is C32H46N2O2S. The maximum atomic E-state index is 13.2. The second kappa shape index (κ2) is 17.2. The molecule has 1 amide bonds. The molecule has 202 valence electrons. The Labute approximate surface area is 229 Å². The lowest BCUT2D eigenvalue weighted by molar-refractivity contribution is 0.102. The van der Waals surface area contributed by atoms with Crippen molar-refractivity contribution in [2.45, 2.75) is 97.4 Å². The lowest BCUT2D eigenvalue weighted by Crippen LogP contribution is -2.19. The highest BCUT2D eigenvalue weighted by Gasteiger charge is 2.17. The highest BCUT2D eigenvalue weighted by molar-refractivity contribution is 8.03. The molecule has 0 spiro atoms. The van der Waals surface area contributed by atoms with Gasteiger partial charge in [-0.05, 0) is 42.0 Å². The van der Waals surface area contributed by atoms with Crippen molar-refractivity contribution in [2.75, 3.05) is 17.8 Å². The summed E-state index contributed by atoms with van der Waals surface area (Å²) >= 11 is 1.83. The first-order valence-corrected chi connectivity index (χ1v) is 15.3. The second-order valence-electron chi connectivity index (χ2n) is 10.1. The van der Waals surface area contributed by atoms with Crippen LogP contribution in [0.25, 0.3) is 0 Å². The zero-order valence-electron chi connectivity index (χ0n) is 23.0. The molecule has 1 N–H and O–H groups in total. The fraction of sp³-hybridized carbons (Fsp3) is 0.531. The molecule has 1 aliphatic heterocycles. The Balaban J connectivity index is 1.37. The maximum absolute atomic E-state index is 13.2. The molecule has 0 aromatic heterocycles. The van der Waals surface area contributed by atoms with Crippen LogP contribution in [0.15, 0.2) is 59.6 Å².